The van der Waals surface area contributed by atoms with Crippen LogP contribution in [0.25, 0.3) is 0 Å². The van der Waals surface area contributed by atoms with E-state index in [1.54, 1.807) is 36.5 Å². The molecule has 0 saturated heterocycles. The van der Waals surface area contributed by atoms with Crippen LogP contribution in [0.3, 0.4) is 0 Å². The first-order valence-electron chi connectivity index (χ1n) is 8.43. The van der Waals surface area contributed by atoms with Gasteiger partial charge < -0.3 is 10.2 Å². The first kappa shape index (κ1) is 17.1. The highest BCUT2D eigenvalue weighted by Crippen LogP contribution is 2.24. The van der Waals surface area contributed by atoms with Crippen LogP contribution in [-0.2, 0) is 17.8 Å². The van der Waals surface area contributed by atoms with Gasteiger partial charge in [-0.3, -0.25) is 9.59 Å². The molecule has 1 aliphatic rings. The lowest BCUT2D eigenvalue weighted by molar-refractivity contribution is -0.116. The lowest BCUT2D eigenvalue weighted by Gasteiger charge is -2.20. The summed E-state index contributed by atoms with van der Waals surface area (Å²) in [5.74, 6) is 1.04. The number of nitrogens with one attached hydrogen (secondary N) is 1. The molecule has 1 aromatic heterocycles. The zero-order valence-corrected chi connectivity index (χ0v) is 14.7. The largest absolute Gasteiger partial charge is 0.337 e. The SMILES string of the molecule is CC(C)c1ncc(CN(C)C(=O)c2ccc3c(c2)CCC(=O)N3)cn1. The molecule has 6 nitrogen and oxygen atoms in total. The van der Waals surface area contributed by atoms with Gasteiger partial charge in [0, 0.05) is 55.1 Å². The molecule has 0 atom stereocenters. The van der Waals surface area contributed by atoms with Crippen molar-refractivity contribution >= 4 is 17.5 Å². The number of amides is 2. The van der Waals surface area contributed by atoms with E-state index in [0.717, 1.165) is 22.6 Å². The molecular weight excluding hydrogens is 316 g/mol. The van der Waals surface area contributed by atoms with Crippen molar-refractivity contribution in [3.05, 3.63) is 53.1 Å². The molecule has 1 aromatic carbocycles. The smallest absolute Gasteiger partial charge is 0.253 e. The Bertz CT molecular complexity index is 800. The Balaban J connectivity index is 1.71. The molecule has 0 spiro atoms. The summed E-state index contributed by atoms with van der Waals surface area (Å²) in [7, 11) is 1.76. The standard InChI is InChI=1S/C19H22N4O2/c1-12(2)18-20-9-13(10-21-18)11-23(3)19(25)15-4-6-16-14(8-15)5-7-17(24)22-16/h4,6,8-10,12H,5,7,11H2,1-3H3,(H,22,24). The second kappa shape index (κ2) is 7.01. The van der Waals surface area contributed by atoms with E-state index in [2.05, 4.69) is 15.3 Å². The van der Waals surface area contributed by atoms with Crippen molar-refractivity contribution in [1.82, 2.24) is 14.9 Å². The fraction of sp³-hybridized carbons (Fsp3) is 0.368. The van der Waals surface area contributed by atoms with Crippen LogP contribution in [0.4, 0.5) is 5.69 Å². The quantitative estimate of drug-likeness (QED) is 0.930. The predicted octanol–water partition coefficient (Wildman–Crippen LogP) is 2.76. The molecule has 0 radical (unpaired) electrons. The number of carbonyl (C=O) groups is 2. The number of carbonyl (C=O) groups excluding carboxylic acids is 2. The zero-order valence-electron chi connectivity index (χ0n) is 14.7. The lowest BCUT2D eigenvalue weighted by atomic mass is 10.00. The fourth-order valence-electron chi connectivity index (χ4n) is 2.83. The van der Waals surface area contributed by atoms with Crippen LogP contribution in [0.2, 0.25) is 0 Å². The van der Waals surface area contributed by atoms with Crippen molar-refractivity contribution in [2.24, 2.45) is 0 Å². The summed E-state index contributed by atoms with van der Waals surface area (Å²) in [6, 6.07) is 5.42. The van der Waals surface area contributed by atoms with Gasteiger partial charge in [0.05, 0.1) is 0 Å². The van der Waals surface area contributed by atoms with Gasteiger partial charge in [0.15, 0.2) is 0 Å². The van der Waals surface area contributed by atoms with Gasteiger partial charge >= 0.3 is 0 Å². The third kappa shape index (κ3) is 3.84. The van der Waals surface area contributed by atoms with E-state index in [-0.39, 0.29) is 17.7 Å². The number of fused-ring (bicyclic) bond motifs is 1. The molecule has 1 N–H and O–H groups in total. The molecule has 0 aliphatic carbocycles. The van der Waals surface area contributed by atoms with Gasteiger partial charge in [-0.25, -0.2) is 9.97 Å². The summed E-state index contributed by atoms with van der Waals surface area (Å²) in [5.41, 5.74) is 3.32. The van der Waals surface area contributed by atoms with Crippen LogP contribution in [0.15, 0.2) is 30.6 Å². The van der Waals surface area contributed by atoms with E-state index in [0.29, 0.717) is 24.9 Å². The van der Waals surface area contributed by atoms with Gasteiger partial charge in [0.1, 0.15) is 5.82 Å². The molecule has 2 amide bonds. The van der Waals surface area contributed by atoms with Gasteiger partial charge in [0.25, 0.3) is 5.91 Å². The number of aromatic nitrogens is 2. The molecule has 0 bridgehead atoms. The molecular formula is C19H22N4O2. The third-order valence-electron chi connectivity index (χ3n) is 4.26. The highest BCUT2D eigenvalue weighted by atomic mass is 16.2. The third-order valence-corrected chi connectivity index (χ3v) is 4.26. The number of nitrogens with zero attached hydrogens (tertiary/aromatic N) is 3. The number of hydrogen-bond donors (Lipinski definition) is 1. The Kier molecular flexibility index (Phi) is 4.79. The van der Waals surface area contributed by atoms with E-state index in [9.17, 15) is 9.59 Å². The average molecular weight is 338 g/mol. The fourth-order valence-corrected chi connectivity index (χ4v) is 2.83. The summed E-state index contributed by atoms with van der Waals surface area (Å²) >= 11 is 0. The van der Waals surface area contributed by atoms with E-state index in [1.807, 2.05) is 19.9 Å². The second-order valence-corrected chi connectivity index (χ2v) is 6.69. The highest BCUT2D eigenvalue weighted by molar-refractivity contribution is 5.97. The molecule has 3 rings (SSSR count). The number of hydrogen-bond acceptors (Lipinski definition) is 4. The summed E-state index contributed by atoms with van der Waals surface area (Å²) in [5, 5.41) is 2.83. The summed E-state index contributed by atoms with van der Waals surface area (Å²) < 4.78 is 0. The van der Waals surface area contributed by atoms with Gasteiger partial charge in [-0.15, -0.1) is 0 Å². The molecule has 0 unspecified atom stereocenters. The van der Waals surface area contributed by atoms with Crippen molar-refractivity contribution in [1.29, 1.82) is 0 Å². The molecule has 0 fully saturated rings. The number of benzene rings is 1. The summed E-state index contributed by atoms with van der Waals surface area (Å²) in [4.78, 5) is 34.4. The number of anilines is 1. The first-order chi connectivity index (χ1) is 11.9. The van der Waals surface area contributed by atoms with Gasteiger partial charge in [-0.05, 0) is 30.2 Å². The van der Waals surface area contributed by atoms with Crippen LogP contribution < -0.4 is 5.32 Å². The lowest BCUT2D eigenvalue weighted by Crippen LogP contribution is -2.27. The van der Waals surface area contributed by atoms with Crippen molar-refractivity contribution in [3.63, 3.8) is 0 Å². The molecule has 0 saturated carbocycles. The molecule has 25 heavy (non-hydrogen) atoms. The monoisotopic (exact) mass is 338 g/mol. The average Bonchev–Trinajstić information content (AvgIpc) is 2.61. The van der Waals surface area contributed by atoms with Gasteiger partial charge in [-0.2, -0.15) is 0 Å². The van der Waals surface area contributed by atoms with E-state index in [1.165, 1.54) is 0 Å². The Morgan fingerprint density at radius 3 is 2.64 bits per heavy atom. The van der Waals surface area contributed by atoms with E-state index >= 15 is 0 Å². The predicted molar refractivity (Wildman–Crippen MR) is 95.3 cm³/mol. The van der Waals surface area contributed by atoms with Crippen LogP contribution in [0, 0.1) is 0 Å². The Morgan fingerprint density at radius 2 is 1.96 bits per heavy atom. The minimum atomic E-state index is -0.0624. The second-order valence-electron chi connectivity index (χ2n) is 6.69. The van der Waals surface area contributed by atoms with Crippen molar-refractivity contribution < 1.29 is 9.59 Å². The topological polar surface area (TPSA) is 75.2 Å². The van der Waals surface area contributed by atoms with Crippen molar-refractivity contribution in [2.45, 2.75) is 39.2 Å². The minimum absolute atomic E-state index is 0.0218. The van der Waals surface area contributed by atoms with Crippen LogP contribution in [-0.4, -0.2) is 33.7 Å². The van der Waals surface area contributed by atoms with Crippen molar-refractivity contribution in [3.8, 4) is 0 Å². The van der Waals surface area contributed by atoms with Gasteiger partial charge in [0.2, 0.25) is 5.91 Å². The maximum absolute atomic E-state index is 12.7. The number of aryl methyl sites for hydroxylation is 1. The summed E-state index contributed by atoms with van der Waals surface area (Å²) in [6.45, 7) is 4.54. The van der Waals surface area contributed by atoms with Crippen LogP contribution >= 0.6 is 0 Å². The van der Waals surface area contributed by atoms with E-state index in [4.69, 9.17) is 0 Å². The maximum atomic E-state index is 12.7. The molecule has 2 aromatic rings. The maximum Gasteiger partial charge on any atom is 0.253 e. The molecule has 6 heteroatoms. The van der Waals surface area contributed by atoms with Gasteiger partial charge in [-0.1, -0.05) is 13.8 Å². The molecule has 2 heterocycles. The Morgan fingerprint density at radius 1 is 1.24 bits per heavy atom. The van der Waals surface area contributed by atoms with E-state index < -0.39 is 0 Å². The Hall–Kier alpha value is -2.76. The zero-order chi connectivity index (χ0) is 18.0. The first-order valence-corrected chi connectivity index (χ1v) is 8.43. The van der Waals surface area contributed by atoms with Crippen LogP contribution in [0.5, 0.6) is 0 Å². The highest BCUT2D eigenvalue weighted by Gasteiger charge is 2.18. The Labute approximate surface area is 147 Å². The van der Waals surface area contributed by atoms with Crippen molar-refractivity contribution in [2.75, 3.05) is 12.4 Å². The molecule has 130 valence electrons. The number of rotatable bonds is 4. The minimum Gasteiger partial charge on any atom is -0.337 e. The summed E-state index contributed by atoms with van der Waals surface area (Å²) in [6.07, 6.45) is 4.67. The normalized spacial score (nSPS) is 13.4. The van der Waals surface area contributed by atoms with Crippen LogP contribution in [0.1, 0.15) is 53.5 Å². The molecule has 1 aliphatic heterocycles.